The zero-order valence-electron chi connectivity index (χ0n) is 12.9. The number of aromatic hydroxyl groups is 1. The van der Waals surface area contributed by atoms with Gasteiger partial charge >= 0.3 is 11.8 Å². The van der Waals surface area contributed by atoms with Crippen LogP contribution in [0.1, 0.15) is 24.1 Å². The van der Waals surface area contributed by atoms with Gasteiger partial charge in [0, 0.05) is 10.6 Å². The molecule has 0 aliphatic carbocycles. The third-order valence-corrected chi connectivity index (χ3v) is 3.45. The summed E-state index contributed by atoms with van der Waals surface area (Å²) >= 11 is 5.80. The molecule has 0 aromatic heterocycles. The molecule has 0 aliphatic heterocycles. The Morgan fingerprint density at radius 1 is 1.17 bits per heavy atom. The zero-order chi connectivity index (χ0) is 17.5. The maximum atomic E-state index is 11.8. The van der Waals surface area contributed by atoms with E-state index >= 15 is 0 Å². The average Bonchev–Trinajstić information content (AvgIpc) is 2.58. The number of carbonyl (C=O) groups is 2. The van der Waals surface area contributed by atoms with Crippen molar-refractivity contribution in [2.75, 3.05) is 0 Å². The van der Waals surface area contributed by atoms with Crippen molar-refractivity contribution >= 4 is 29.6 Å². The minimum Gasteiger partial charge on any atom is -0.507 e. The summed E-state index contributed by atoms with van der Waals surface area (Å²) in [4.78, 5) is 23.5. The SMILES string of the molecule is C[C@H](NC(=O)C(=O)N/N=C/c1cc(Cl)ccc1O)c1ccccc1. The van der Waals surface area contributed by atoms with Gasteiger partial charge in [0.05, 0.1) is 12.3 Å². The van der Waals surface area contributed by atoms with Crippen molar-refractivity contribution < 1.29 is 14.7 Å². The Kier molecular flexibility index (Phi) is 5.92. The standard InChI is InChI=1S/C17H16ClN3O3/c1-11(12-5-3-2-4-6-12)20-16(23)17(24)21-19-10-13-9-14(18)7-8-15(13)22/h2-11,22H,1H3,(H,20,23)(H,21,24)/b19-10+/t11-/m0/s1. The van der Waals surface area contributed by atoms with Crippen LogP contribution in [-0.2, 0) is 9.59 Å². The second-order valence-electron chi connectivity index (χ2n) is 5.01. The van der Waals surface area contributed by atoms with E-state index in [0.29, 0.717) is 10.6 Å². The third kappa shape index (κ3) is 4.82. The molecule has 0 heterocycles. The Labute approximate surface area is 144 Å². The molecule has 7 heteroatoms. The van der Waals surface area contributed by atoms with Gasteiger partial charge in [0.25, 0.3) is 0 Å². The molecule has 2 rings (SSSR count). The van der Waals surface area contributed by atoms with Crippen molar-refractivity contribution in [3.63, 3.8) is 0 Å². The molecule has 2 aromatic rings. The fourth-order valence-corrected chi connectivity index (χ4v) is 2.11. The highest BCUT2D eigenvalue weighted by molar-refractivity contribution is 6.35. The summed E-state index contributed by atoms with van der Waals surface area (Å²) in [6.07, 6.45) is 1.20. The van der Waals surface area contributed by atoms with Gasteiger partial charge in [-0.3, -0.25) is 9.59 Å². The lowest BCUT2D eigenvalue weighted by atomic mass is 10.1. The van der Waals surface area contributed by atoms with Gasteiger partial charge < -0.3 is 10.4 Å². The predicted octanol–water partition coefficient (Wildman–Crippen LogP) is 2.37. The molecular formula is C17H16ClN3O3. The molecule has 0 bridgehead atoms. The van der Waals surface area contributed by atoms with Crippen molar-refractivity contribution in [3.05, 3.63) is 64.7 Å². The Hall–Kier alpha value is -2.86. The number of halogens is 1. The highest BCUT2D eigenvalue weighted by Crippen LogP contribution is 2.19. The quantitative estimate of drug-likeness (QED) is 0.451. The van der Waals surface area contributed by atoms with Gasteiger partial charge in [-0.05, 0) is 30.7 Å². The van der Waals surface area contributed by atoms with Crippen LogP contribution >= 0.6 is 11.6 Å². The smallest absolute Gasteiger partial charge is 0.329 e. The molecule has 2 amide bonds. The van der Waals surface area contributed by atoms with Crippen molar-refractivity contribution in [1.82, 2.24) is 10.7 Å². The first-order chi connectivity index (χ1) is 11.5. The molecule has 0 saturated carbocycles. The monoisotopic (exact) mass is 345 g/mol. The summed E-state index contributed by atoms with van der Waals surface area (Å²) in [5.74, 6) is -1.76. The Morgan fingerprint density at radius 2 is 1.88 bits per heavy atom. The van der Waals surface area contributed by atoms with Crippen LogP contribution in [0.2, 0.25) is 5.02 Å². The van der Waals surface area contributed by atoms with Crippen molar-refractivity contribution in [1.29, 1.82) is 0 Å². The van der Waals surface area contributed by atoms with E-state index in [1.807, 2.05) is 30.3 Å². The third-order valence-electron chi connectivity index (χ3n) is 3.21. The lowest BCUT2D eigenvalue weighted by molar-refractivity contribution is -0.139. The van der Waals surface area contributed by atoms with Gasteiger partial charge in [0.1, 0.15) is 5.75 Å². The minimum absolute atomic E-state index is 0.0421. The van der Waals surface area contributed by atoms with Crippen LogP contribution in [0.25, 0.3) is 0 Å². The topological polar surface area (TPSA) is 90.8 Å². The van der Waals surface area contributed by atoms with E-state index in [-0.39, 0.29) is 11.8 Å². The molecule has 124 valence electrons. The number of nitrogens with one attached hydrogen (secondary N) is 2. The summed E-state index contributed by atoms with van der Waals surface area (Å²) in [5, 5.41) is 16.2. The maximum Gasteiger partial charge on any atom is 0.329 e. The van der Waals surface area contributed by atoms with Crippen LogP contribution in [0.3, 0.4) is 0 Å². The fourth-order valence-electron chi connectivity index (χ4n) is 1.93. The zero-order valence-corrected chi connectivity index (χ0v) is 13.6. The molecule has 0 radical (unpaired) electrons. The van der Waals surface area contributed by atoms with Crippen LogP contribution in [-0.4, -0.2) is 23.1 Å². The van der Waals surface area contributed by atoms with Crippen LogP contribution in [0.4, 0.5) is 0 Å². The number of hydrogen-bond acceptors (Lipinski definition) is 4. The van der Waals surface area contributed by atoms with Crippen LogP contribution in [0.15, 0.2) is 53.6 Å². The first-order valence-corrected chi connectivity index (χ1v) is 7.52. The van der Waals surface area contributed by atoms with Gasteiger partial charge in [-0.1, -0.05) is 41.9 Å². The van der Waals surface area contributed by atoms with E-state index in [1.165, 1.54) is 24.4 Å². The number of benzene rings is 2. The van der Waals surface area contributed by atoms with Gasteiger partial charge in [-0.2, -0.15) is 5.10 Å². The number of hydrazone groups is 1. The molecule has 0 spiro atoms. The van der Waals surface area contributed by atoms with Crippen molar-refractivity contribution in [3.8, 4) is 5.75 Å². The Morgan fingerprint density at radius 3 is 2.58 bits per heavy atom. The summed E-state index contributed by atoms with van der Waals surface area (Å²) in [6, 6.07) is 13.3. The van der Waals surface area contributed by atoms with Crippen LogP contribution in [0.5, 0.6) is 5.75 Å². The number of phenols is 1. The summed E-state index contributed by atoms with van der Waals surface area (Å²) in [6.45, 7) is 1.77. The largest absolute Gasteiger partial charge is 0.507 e. The van der Waals surface area contributed by atoms with Gasteiger partial charge in [0.2, 0.25) is 0 Å². The highest BCUT2D eigenvalue weighted by Gasteiger charge is 2.16. The summed E-state index contributed by atoms with van der Waals surface area (Å²) in [7, 11) is 0. The maximum absolute atomic E-state index is 11.8. The first kappa shape index (κ1) is 17.5. The lowest BCUT2D eigenvalue weighted by Gasteiger charge is -2.13. The van der Waals surface area contributed by atoms with Crippen molar-refractivity contribution in [2.24, 2.45) is 5.10 Å². The second-order valence-corrected chi connectivity index (χ2v) is 5.44. The fraction of sp³-hybridized carbons (Fsp3) is 0.118. The van der Waals surface area contributed by atoms with E-state index in [0.717, 1.165) is 5.56 Å². The number of carbonyl (C=O) groups excluding carboxylic acids is 2. The van der Waals surface area contributed by atoms with E-state index in [9.17, 15) is 14.7 Å². The van der Waals surface area contributed by atoms with Gasteiger partial charge in [-0.15, -0.1) is 0 Å². The average molecular weight is 346 g/mol. The molecule has 0 aliphatic rings. The predicted molar refractivity (Wildman–Crippen MR) is 91.9 cm³/mol. The van der Waals surface area contributed by atoms with E-state index in [1.54, 1.807) is 6.92 Å². The minimum atomic E-state index is -0.907. The molecule has 0 unspecified atom stereocenters. The lowest BCUT2D eigenvalue weighted by Crippen LogP contribution is -2.39. The van der Waals surface area contributed by atoms with Crippen LogP contribution in [0, 0.1) is 0 Å². The van der Waals surface area contributed by atoms with Crippen molar-refractivity contribution in [2.45, 2.75) is 13.0 Å². The van der Waals surface area contributed by atoms with E-state index in [4.69, 9.17) is 11.6 Å². The number of amides is 2. The second kappa shape index (κ2) is 8.12. The first-order valence-electron chi connectivity index (χ1n) is 7.14. The normalized spacial score (nSPS) is 11.9. The van der Waals surface area contributed by atoms with E-state index < -0.39 is 11.8 Å². The number of phenolic OH excluding ortho intramolecular Hbond substituents is 1. The number of rotatable bonds is 4. The molecule has 0 saturated heterocycles. The molecule has 3 N–H and O–H groups in total. The molecule has 0 fully saturated rings. The molecule has 1 atom stereocenters. The Balaban J connectivity index is 1.91. The summed E-state index contributed by atoms with van der Waals surface area (Å²) < 4.78 is 0. The summed E-state index contributed by atoms with van der Waals surface area (Å²) in [5.41, 5.74) is 3.30. The van der Waals surface area contributed by atoms with Crippen LogP contribution < -0.4 is 10.7 Å². The van der Waals surface area contributed by atoms with Gasteiger partial charge in [0.15, 0.2) is 0 Å². The molecule has 2 aromatic carbocycles. The highest BCUT2D eigenvalue weighted by atomic mass is 35.5. The number of hydrogen-bond donors (Lipinski definition) is 3. The Bertz CT molecular complexity index is 763. The number of nitrogens with zero attached hydrogens (tertiary/aromatic N) is 1. The molecule has 24 heavy (non-hydrogen) atoms. The van der Waals surface area contributed by atoms with Gasteiger partial charge in [-0.25, -0.2) is 5.43 Å². The van der Waals surface area contributed by atoms with E-state index in [2.05, 4.69) is 15.8 Å². The molecule has 6 nitrogen and oxygen atoms in total. The molecular weight excluding hydrogens is 330 g/mol.